The Kier molecular flexibility index (Phi) is 5.02. The van der Waals surface area contributed by atoms with Crippen molar-refractivity contribution < 1.29 is 8.42 Å². The molecule has 0 spiro atoms. The third-order valence-electron chi connectivity index (χ3n) is 2.97. The highest BCUT2D eigenvalue weighted by Gasteiger charge is 2.29. The standard InChI is InChI=1S/C10H22N2O2S/c1-11-6-7-12(2)9-10-5-3-4-8-15(10,13)14/h10-11H,3-9H2,1-2H3. The number of likely N-dealkylation sites (N-methyl/N-ethyl adjacent to an activating group) is 2. The lowest BCUT2D eigenvalue weighted by Crippen LogP contribution is -2.40. The summed E-state index contributed by atoms with van der Waals surface area (Å²) < 4.78 is 23.5. The Hall–Kier alpha value is -0.130. The fraction of sp³-hybridized carbons (Fsp3) is 1.00. The van der Waals surface area contributed by atoms with Crippen LogP contribution in [0.1, 0.15) is 19.3 Å². The maximum atomic E-state index is 11.7. The summed E-state index contributed by atoms with van der Waals surface area (Å²) >= 11 is 0. The molecule has 1 atom stereocenters. The van der Waals surface area contributed by atoms with Crippen molar-refractivity contribution in [2.75, 3.05) is 39.5 Å². The van der Waals surface area contributed by atoms with Gasteiger partial charge in [0.2, 0.25) is 0 Å². The van der Waals surface area contributed by atoms with Gasteiger partial charge in [-0.25, -0.2) is 8.42 Å². The predicted octanol–water partition coefficient (Wildman–Crippen LogP) is 0.105. The average Bonchev–Trinajstić information content (AvgIpc) is 2.18. The highest BCUT2D eigenvalue weighted by atomic mass is 32.2. The lowest BCUT2D eigenvalue weighted by Gasteiger charge is -2.26. The van der Waals surface area contributed by atoms with Crippen molar-refractivity contribution in [2.24, 2.45) is 0 Å². The van der Waals surface area contributed by atoms with Gasteiger partial charge in [0.1, 0.15) is 0 Å². The third kappa shape index (κ3) is 4.09. The van der Waals surface area contributed by atoms with E-state index in [1.807, 2.05) is 14.1 Å². The van der Waals surface area contributed by atoms with E-state index in [2.05, 4.69) is 10.2 Å². The van der Waals surface area contributed by atoms with Crippen LogP contribution in [0.2, 0.25) is 0 Å². The topological polar surface area (TPSA) is 49.4 Å². The van der Waals surface area contributed by atoms with Crippen LogP contribution in [0.5, 0.6) is 0 Å². The molecule has 1 saturated heterocycles. The Balaban J connectivity index is 2.42. The number of sulfone groups is 1. The molecule has 0 radical (unpaired) electrons. The third-order valence-corrected chi connectivity index (χ3v) is 5.23. The van der Waals surface area contributed by atoms with Crippen molar-refractivity contribution in [3.05, 3.63) is 0 Å². The van der Waals surface area contributed by atoms with Crippen LogP contribution in [-0.4, -0.2) is 58.1 Å². The molecule has 1 aliphatic rings. The Morgan fingerprint density at radius 2 is 2.13 bits per heavy atom. The molecule has 0 amide bonds. The Labute approximate surface area is 93.0 Å². The van der Waals surface area contributed by atoms with E-state index in [0.717, 1.165) is 32.4 Å². The minimum atomic E-state index is -2.81. The first-order valence-electron chi connectivity index (χ1n) is 5.61. The molecule has 0 bridgehead atoms. The quantitative estimate of drug-likeness (QED) is 0.733. The molecular weight excluding hydrogens is 212 g/mol. The van der Waals surface area contributed by atoms with Gasteiger partial charge in [-0.05, 0) is 26.9 Å². The van der Waals surface area contributed by atoms with Crippen molar-refractivity contribution in [3.63, 3.8) is 0 Å². The van der Waals surface area contributed by atoms with E-state index in [-0.39, 0.29) is 5.25 Å². The first kappa shape index (κ1) is 12.9. The minimum Gasteiger partial charge on any atom is -0.318 e. The van der Waals surface area contributed by atoms with Gasteiger partial charge in [-0.15, -0.1) is 0 Å². The number of hydrogen-bond donors (Lipinski definition) is 1. The first-order valence-corrected chi connectivity index (χ1v) is 7.32. The Morgan fingerprint density at radius 1 is 1.40 bits per heavy atom. The van der Waals surface area contributed by atoms with Gasteiger partial charge in [-0.2, -0.15) is 0 Å². The molecule has 0 aliphatic carbocycles. The molecular formula is C10H22N2O2S. The van der Waals surface area contributed by atoms with Crippen molar-refractivity contribution in [1.82, 2.24) is 10.2 Å². The number of rotatable bonds is 5. The summed E-state index contributed by atoms with van der Waals surface area (Å²) in [6.45, 7) is 2.50. The van der Waals surface area contributed by atoms with Crippen LogP contribution >= 0.6 is 0 Å². The van der Waals surface area contributed by atoms with Crippen molar-refractivity contribution in [2.45, 2.75) is 24.5 Å². The summed E-state index contributed by atoms with van der Waals surface area (Å²) in [5, 5.41) is 2.93. The lowest BCUT2D eigenvalue weighted by molar-refractivity contribution is 0.322. The van der Waals surface area contributed by atoms with Crippen LogP contribution < -0.4 is 5.32 Å². The molecule has 0 aromatic heterocycles. The summed E-state index contributed by atoms with van der Waals surface area (Å²) in [7, 11) is 1.09. The van der Waals surface area contributed by atoms with Gasteiger partial charge in [0.15, 0.2) is 9.84 Å². The Morgan fingerprint density at radius 3 is 2.73 bits per heavy atom. The smallest absolute Gasteiger partial charge is 0.154 e. The van der Waals surface area contributed by atoms with Crippen molar-refractivity contribution in [3.8, 4) is 0 Å². The number of nitrogens with one attached hydrogen (secondary N) is 1. The van der Waals surface area contributed by atoms with Gasteiger partial charge >= 0.3 is 0 Å². The Bertz CT molecular complexity index is 277. The molecule has 4 nitrogen and oxygen atoms in total. The van der Waals surface area contributed by atoms with Crippen LogP contribution in [0, 0.1) is 0 Å². The summed E-state index contributed by atoms with van der Waals surface area (Å²) in [5.74, 6) is 0.386. The van der Waals surface area contributed by atoms with Gasteiger partial charge in [-0.1, -0.05) is 6.42 Å². The van der Waals surface area contributed by atoms with Gasteiger partial charge in [0.05, 0.1) is 11.0 Å². The molecule has 0 saturated carbocycles. The van der Waals surface area contributed by atoms with Gasteiger partial charge in [0, 0.05) is 19.6 Å². The van der Waals surface area contributed by atoms with Crippen LogP contribution in [-0.2, 0) is 9.84 Å². The maximum absolute atomic E-state index is 11.7. The molecule has 90 valence electrons. The summed E-state index contributed by atoms with van der Waals surface area (Å²) in [5.41, 5.74) is 0. The van der Waals surface area contributed by atoms with Gasteiger partial charge < -0.3 is 10.2 Å². The summed E-state index contributed by atoms with van der Waals surface area (Å²) in [6.07, 6.45) is 2.75. The molecule has 1 unspecified atom stereocenters. The van der Waals surface area contributed by atoms with E-state index in [0.29, 0.717) is 12.3 Å². The molecule has 1 rings (SSSR count). The average molecular weight is 234 g/mol. The van der Waals surface area contributed by atoms with E-state index in [1.165, 1.54) is 0 Å². The van der Waals surface area contributed by atoms with E-state index in [4.69, 9.17) is 0 Å². The zero-order chi connectivity index (χ0) is 11.3. The van der Waals surface area contributed by atoms with Crippen LogP contribution in [0.15, 0.2) is 0 Å². The highest BCUT2D eigenvalue weighted by Crippen LogP contribution is 2.19. The fourth-order valence-corrected chi connectivity index (χ4v) is 3.92. The lowest BCUT2D eigenvalue weighted by atomic mass is 10.2. The number of nitrogens with zero attached hydrogens (tertiary/aromatic N) is 1. The van der Waals surface area contributed by atoms with Crippen LogP contribution in [0.25, 0.3) is 0 Å². The molecule has 0 aromatic carbocycles. The van der Waals surface area contributed by atoms with E-state index in [9.17, 15) is 8.42 Å². The minimum absolute atomic E-state index is 0.131. The first-order chi connectivity index (χ1) is 7.06. The second-order valence-corrected chi connectivity index (χ2v) is 6.75. The van der Waals surface area contributed by atoms with E-state index >= 15 is 0 Å². The molecule has 1 fully saturated rings. The van der Waals surface area contributed by atoms with Crippen LogP contribution in [0.4, 0.5) is 0 Å². The summed E-state index contributed by atoms with van der Waals surface area (Å²) in [6, 6.07) is 0. The molecule has 1 N–H and O–H groups in total. The molecule has 0 aromatic rings. The van der Waals surface area contributed by atoms with E-state index in [1.54, 1.807) is 0 Å². The van der Waals surface area contributed by atoms with Crippen molar-refractivity contribution in [1.29, 1.82) is 0 Å². The van der Waals surface area contributed by atoms with E-state index < -0.39 is 9.84 Å². The molecule has 1 heterocycles. The monoisotopic (exact) mass is 234 g/mol. The second kappa shape index (κ2) is 5.82. The maximum Gasteiger partial charge on any atom is 0.154 e. The fourth-order valence-electron chi connectivity index (χ4n) is 1.97. The molecule has 15 heavy (non-hydrogen) atoms. The van der Waals surface area contributed by atoms with Gasteiger partial charge in [0.25, 0.3) is 0 Å². The molecule has 5 heteroatoms. The second-order valence-electron chi connectivity index (χ2n) is 4.35. The van der Waals surface area contributed by atoms with Crippen molar-refractivity contribution >= 4 is 9.84 Å². The highest BCUT2D eigenvalue weighted by molar-refractivity contribution is 7.92. The normalized spacial score (nSPS) is 25.7. The van der Waals surface area contributed by atoms with Gasteiger partial charge in [-0.3, -0.25) is 0 Å². The predicted molar refractivity (Wildman–Crippen MR) is 62.8 cm³/mol. The van der Waals surface area contributed by atoms with Crippen LogP contribution in [0.3, 0.4) is 0 Å². The largest absolute Gasteiger partial charge is 0.318 e. The number of hydrogen-bond acceptors (Lipinski definition) is 4. The zero-order valence-corrected chi connectivity index (χ0v) is 10.5. The zero-order valence-electron chi connectivity index (χ0n) is 9.70. The SMILES string of the molecule is CNCCN(C)CC1CCCCS1(=O)=O. The molecule has 1 aliphatic heterocycles. The summed E-state index contributed by atoms with van der Waals surface area (Å²) in [4.78, 5) is 2.10.